The number of benzene rings is 1. The number of carbonyl (C=O) groups is 1. The van der Waals surface area contributed by atoms with Gasteiger partial charge >= 0.3 is 6.03 Å². The molecule has 3 aromatic rings. The number of rotatable bonds is 9. The summed E-state index contributed by atoms with van der Waals surface area (Å²) in [6.45, 7) is 7.50. The Balaban J connectivity index is 1.77. The van der Waals surface area contributed by atoms with Gasteiger partial charge in [0, 0.05) is 49.3 Å². The Labute approximate surface area is 164 Å². The maximum Gasteiger partial charge on any atom is 0.315 e. The Morgan fingerprint density at radius 3 is 2.74 bits per heavy atom. The Kier molecular flexibility index (Phi) is 6.90. The molecule has 3 rings (SSSR count). The van der Waals surface area contributed by atoms with Crippen LogP contribution in [-0.2, 0) is 17.8 Å². The maximum absolute atomic E-state index is 12.2. The molecule has 0 aliphatic carbocycles. The molecule has 144 valence electrons. The Hall–Kier alpha value is -2.31. The van der Waals surface area contributed by atoms with E-state index in [1.54, 1.807) is 11.3 Å². The summed E-state index contributed by atoms with van der Waals surface area (Å²) in [4.78, 5) is 13.4. The number of amides is 2. The molecule has 1 aromatic carbocycles. The maximum atomic E-state index is 12.2. The monoisotopic (exact) mass is 385 g/mol. The summed E-state index contributed by atoms with van der Waals surface area (Å²) in [7, 11) is 0. The third kappa shape index (κ3) is 4.51. The number of aryl methyl sites for hydroxylation is 1. The van der Waals surface area contributed by atoms with E-state index in [-0.39, 0.29) is 6.03 Å². The summed E-state index contributed by atoms with van der Waals surface area (Å²) in [5.41, 5.74) is 3.57. The number of urea groups is 1. The summed E-state index contributed by atoms with van der Waals surface area (Å²) in [6, 6.07) is 12.5. The average Bonchev–Trinajstić information content (AvgIpc) is 3.31. The molecule has 5 nitrogen and oxygen atoms in total. The fourth-order valence-electron chi connectivity index (χ4n) is 3.33. The van der Waals surface area contributed by atoms with E-state index in [2.05, 4.69) is 63.9 Å². The molecular formula is C21H27N3O2S. The lowest BCUT2D eigenvalue weighted by molar-refractivity contribution is 0.145. The zero-order valence-corrected chi connectivity index (χ0v) is 16.8. The van der Waals surface area contributed by atoms with Crippen LogP contribution in [0.2, 0.25) is 0 Å². The van der Waals surface area contributed by atoms with Crippen LogP contribution in [0.25, 0.3) is 21.5 Å². The lowest BCUT2D eigenvalue weighted by Gasteiger charge is -2.11. The van der Waals surface area contributed by atoms with Crippen molar-refractivity contribution >= 4 is 28.3 Å². The Morgan fingerprint density at radius 1 is 1.15 bits per heavy atom. The van der Waals surface area contributed by atoms with Crippen LogP contribution in [0.1, 0.15) is 25.8 Å². The first-order valence-electron chi connectivity index (χ1n) is 9.49. The van der Waals surface area contributed by atoms with E-state index < -0.39 is 0 Å². The predicted molar refractivity (Wildman–Crippen MR) is 112 cm³/mol. The molecule has 2 N–H and O–H groups in total. The first-order valence-corrected chi connectivity index (χ1v) is 10.4. The molecule has 0 fully saturated rings. The first kappa shape index (κ1) is 19.5. The number of para-hydroxylation sites is 1. The van der Waals surface area contributed by atoms with Crippen molar-refractivity contribution in [1.82, 2.24) is 15.2 Å². The van der Waals surface area contributed by atoms with Crippen molar-refractivity contribution in [2.24, 2.45) is 0 Å². The van der Waals surface area contributed by atoms with E-state index >= 15 is 0 Å². The van der Waals surface area contributed by atoms with E-state index in [0.29, 0.717) is 26.3 Å². The number of fused-ring (bicyclic) bond motifs is 1. The van der Waals surface area contributed by atoms with Gasteiger partial charge < -0.3 is 19.9 Å². The Morgan fingerprint density at radius 2 is 2.00 bits per heavy atom. The molecule has 0 saturated carbocycles. The summed E-state index contributed by atoms with van der Waals surface area (Å²) in [5.74, 6) is 0. The van der Waals surface area contributed by atoms with Crippen LogP contribution < -0.4 is 10.6 Å². The molecule has 27 heavy (non-hydrogen) atoms. The number of carbonyl (C=O) groups excluding carboxylic acids is 1. The summed E-state index contributed by atoms with van der Waals surface area (Å²) < 4.78 is 7.62. The lowest BCUT2D eigenvalue weighted by atomic mass is 10.1. The predicted octanol–water partition coefficient (Wildman–Crippen LogP) is 4.62. The first-order chi connectivity index (χ1) is 13.3. The zero-order chi connectivity index (χ0) is 19.1. The van der Waals surface area contributed by atoms with Gasteiger partial charge in [-0.25, -0.2) is 4.79 Å². The third-order valence-corrected chi connectivity index (χ3v) is 5.40. The van der Waals surface area contributed by atoms with Gasteiger partial charge in [-0.05, 0) is 37.8 Å². The number of nitrogens with zero attached hydrogens (tertiary/aromatic N) is 1. The van der Waals surface area contributed by atoms with Gasteiger partial charge in [-0.15, -0.1) is 11.3 Å². The molecule has 2 amide bonds. The van der Waals surface area contributed by atoms with Gasteiger partial charge in [-0.1, -0.05) is 24.3 Å². The van der Waals surface area contributed by atoms with E-state index in [0.717, 1.165) is 13.0 Å². The standard InChI is InChI=1S/C21H27N3O2S/c1-3-24-18-10-6-5-9-16(18)17(20(24)19-11-7-14-27-19)15-23-21(25)22-12-8-13-26-4-2/h5-7,9-11,14H,3-4,8,12-13,15H2,1-2H3,(H2,22,23,25). The number of hydrogen-bond donors (Lipinski definition) is 2. The van der Waals surface area contributed by atoms with Crippen LogP contribution in [0.3, 0.4) is 0 Å². The van der Waals surface area contributed by atoms with Crippen molar-refractivity contribution in [1.29, 1.82) is 0 Å². The van der Waals surface area contributed by atoms with E-state index in [1.165, 1.54) is 27.0 Å². The van der Waals surface area contributed by atoms with Gasteiger partial charge in [0.2, 0.25) is 0 Å². The molecule has 0 radical (unpaired) electrons. The minimum absolute atomic E-state index is 0.142. The van der Waals surface area contributed by atoms with E-state index in [9.17, 15) is 4.79 Å². The fraction of sp³-hybridized carbons (Fsp3) is 0.381. The van der Waals surface area contributed by atoms with Crippen LogP contribution >= 0.6 is 11.3 Å². The molecule has 0 bridgehead atoms. The van der Waals surface area contributed by atoms with Gasteiger partial charge in [-0.3, -0.25) is 0 Å². The highest BCUT2D eigenvalue weighted by molar-refractivity contribution is 7.13. The van der Waals surface area contributed by atoms with Crippen molar-refractivity contribution in [2.75, 3.05) is 19.8 Å². The van der Waals surface area contributed by atoms with E-state index in [4.69, 9.17) is 4.74 Å². The molecule has 2 heterocycles. The van der Waals surface area contributed by atoms with Gasteiger partial charge in [-0.2, -0.15) is 0 Å². The molecule has 2 aromatic heterocycles. The smallest absolute Gasteiger partial charge is 0.315 e. The van der Waals surface area contributed by atoms with Crippen LogP contribution in [-0.4, -0.2) is 30.4 Å². The van der Waals surface area contributed by atoms with Crippen LogP contribution in [0, 0.1) is 0 Å². The normalized spacial score (nSPS) is 11.0. The summed E-state index contributed by atoms with van der Waals surface area (Å²) in [6.07, 6.45) is 0.816. The van der Waals surface area contributed by atoms with Crippen LogP contribution in [0.4, 0.5) is 4.79 Å². The van der Waals surface area contributed by atoms with Gasteiger partial charge in [0.25, 0.3) is 0 Å². The topological polar surface area (TPSA) is 55.3 Å². The molecular weight excluding hydrogens is 358 g/mol. The largest absolute Gasteiger partial charge is 0.382 e. The molecule has 6 heteroatoms. The van der Waals surface area contributed by atoms with Gasteiger partial charge in [0.1, 0.15) is 0 Å². The van der Waals surface area contributed by atoms with Gasteiger partial charge in [0.15, 0.2) is 0 Å². The van der Waals surface area contributed by atoms with Crippen molar-refractivity contribution in [3.63, 3.8) is 0 Å². The number of nitrogens with one attached hydrogen (secondary N) is 2. The molecule has 0 aliphatic rings. The second-order valence-electron chi connectivity index (χ2n) is 6.23. The van der Waals surface area contributed by atoms with Crippen molar-refractivity contribution in [3.8, 4) is 10.6 Å². The molecule has 0 spiro atoms. The van der Waals surface area contributed by atoms with Gasteiger partial charge in [0.05, 0.1) is 10.6 Å². The fourth-order valence-corrected chi connectivity index (χ4v) is 4.14. The van der Waals surface area contributed by atoms with E-state index in [1.807, 2.05) is 6.92 Å². The highest BCUT2D eigenvalue weighted by atomic mass is 32.1. The highest BCUT2D eigenvalue weighted by Gasteiger charge is 2.18. The second kappa shape index (κ2) is 9.58. The molecule has 0 atom stereocenters. The molecule has 0 saturated heterocycles. The second-order valence-corrected chi connectivity index (χ2v) is 7.17. The number of aromatic nitrogens is 1. The van der Waals surface area contributed by atoms with Crippen molar-refractivity contribution < 1.29 is 9.53 Å². The lowest BCUT2D eigenvalue weighted by Crippen LogP contribution is -2.36. The van der Waals surface area contributed by atoms with Crippen LogP contribution in [0.5, 0.6) is 0 Å². The number of hydrogen-bond acceptors (Lipinski definition) is 3. The summed E-state index contributed by atoms with van der Waals surface area (Å²) >= 11 is 1.73. The number of thiophene rings is 1. The minimum Gasteiger partial charge on any atom is -0.382 e. The molecule has 0 aliphatic heterocycles. The third-order valence-electron chi connectivity index (χ3n) is 4.53. The molecule has 0 unspecified atom stereocenters. The van der Waals surface area contributed by atoms with Crippen molar-refractivity contribution in [3.05, 3.63) is 47.3 Å². The number of ether oxygens (including phenoxy) is 1. The zero-order valence-electron chi connectivity index (χ0n) is 16.0. The SMILES string of the molecule is CCOCCCNC(=O)NCc1c(-c2cccs2)n(CC)c2ccccc12. The van der Waals surface area contributed by atoms with Crippen LogP contribution in [0.15, 0.2) is 41.8 Å². The van der Waals surface area contributed by atoms with Crippen molar-refractivity contribution in [2.45, 2.75) is 33.4 Å². The average molecular weight is 386 g/mol. The summed E-state index contributed by atoms with van der Waals surface area (Å²) in [5, 5.41) is 9.21. The Bertz CT molecular complexity index is 871. The minimum atomic E-state index is -0.142. The highest BCUT2D eigenvalue weighted by Crippen LogP contribution is 2.36. The quantitative estimate of drug-likeness (QED) is 0.528.